The van der Waals surface area contributed by atoms with E-state index >= 15 is 0 Å². The van der Waals surface area contributed by atoms with Gasteiger partial charge in [0.2, 0.25) is 5.91 Å². The molecule has 3 fully saturated rings. The zero-order valence-electron chi connectivity index (χ0n) is 32.1. The van der Waals surface area contributed by atoms with E-state index in [-0.39, 0.29) is 25.4 Å². The Morgan fingerprint density at radius 1 is 0.672 bits per heavy atom. The summed E-state index contributed by atoms with van der Waals surface area (Å²) >= 11 is 0. The van der Waals surface area contributed by atoms with Gasteiger partial charge in [0.15, 0.2) is 24.7 Å². The van der Waals surface area contributed by atoms with Gasteiger partial charge in [-0.1, -0.05) is 42.0 Å². The third-order valence-corrected chi connectivity index (χ3v) is 10.2. The van der Waals surface area contributed by atoms with Crippen LogP contribution in [-0.4, -0.2) is 183 Å². The van der Waals surface area contributed by atoms with Gasteiger partial charge in [0.1, 0.15) is 85.5 Å². The number of carbonyl (C=O) groups excluding carboxylic acids is 2. The predicted molar refractivity (Wildman–Crippen MR) is 198 cm³/mol. The van der Waals surface area contributed by atoms with Gasteiger partial charge >= 0.3 is 0 Å². The van der Waals surface area contributed by atoms with E-state index in [1.54, 1.807) is 12.1 Å². The molecule has 3 aliphatic rings. The van der Waals surface area contributed by atoms with Crippen LogP contribution in [0.15, 0.2) is 48.5 Å². The summed E-state index contributed by atoms with van der Waals surface area (Å²) in [6.07, 6.45) is -22.2. The van der Waals surface area contributed by atoms with Gasteiger partial charge in [-0.25, -0.2) is 0 Å². The first-order valence-electron chi connectivity index (χ1n) is 19.1. The van der Waals surface area contributed by atoms with E-state index in [2.05, 4.69) is 11.4 Å². The molecule has 3 saturated heterocycles. The Hall–Kier alpha value is -3.22. The van der Waals surface area contributed by atoms with Crippen molar-refractivity contribution in [2.45, 2.75) is 125 Å². The van der Waals surface area contributed by atoms with Gasteiger partial charge in [0.25, 0.3) is 0 Å². The quantitative estimate of drug-likeness (QED) is 0.0689. The summed E-state index contributed by atoms with van der Waals surface area (Å²) < 4.78 is 39.8. The van der Waals surface area contributed by atoms with E-state index in [4.69, 9.17) is 33.2 Å². The van der Waals surface area contributed by atoms with Gasteiger partial charge in [-0.05, 0) is 43.0 Å². The first-order chi connectivity index (χ1) is 27.8. The van der Waals surface area contributed by atoms with Gasteiger partial charge < -0.3 is 84.4 Å². The third kappa shape index (κ3) is 11.3. The number of aliphatic hydroxyl groups is 9. The fourth-order valence-electron chi connectivity index (χ4n) is 7.01. The van der Waals surface area contributed by atoms with Crippen molar-refractivity contribution >= 4 is 11.7 Å². The molecule has 0 aliphatic carbocycles. The van der Waals surface area contributed by atoms with Crippen molar-refractivity contribution in [3.05, 3.63) is 54.1 Å². The van der Waals surface area contributed by atoms with Gasteiger partial charge in [-0.15, -0.1) is 0 Å². The average Bonchev–Trinajstić information content (AvgIpc) is 3.21. The molecule has 58 heavy (non-hydrogen) atoms. The van der Waals surface area contributed by atoms with E-state index in [0.717, 1.165) is 16.7 Å². The van der Waals surface area contributed by atoms with Crippen LogP contribution in [0.5, 0.6) is 5.75 Å². The molecule has 5 rings (SSSR count). The molecule has 2 aromatic rings. The van der Waals surface area contributed by atoms with E-state index in [1.807, 2.05) is 37.3 Å². The number of amides is 1. The van der Waals surface area contributed by atoms with Crippen LogP contribution in [0, 0.1) is 6.92 Å². The van der Waals surface area contributed by atoms with Crippen LogP contribution in [0.2, 0.25) is 0 Å². The molecule has 6 unspecified atom stereocenters. The molecule has 15 atom stereocenters. The molecule has 0 bridgehead atoms. The monoisotopic (exact) mass is 825 g/mol. The molecule has 0 aromatic heterocycles. The summed E-state index contributed by atoms with van der Waals surface area (Å²) in [4.78, 5) is 24.7. The predicted octanol–water partition coefficient (Wildman–Crippen LogP) is -2.61. The molecule has 19 heteroatoms. The van der Waals surface area contributed by atoms with Crippen molar-refractivity contribution in [3.8, 4) is 16.9 Å². The smallest absolute Gasteiger partial charge is 0.217 e. The lowest BCUT2D eigenvalue weighted by Gasteiger charge is -2.48. The van der Waals surface area contributed by atoms with Crippen LogP contribution < -0.4 is 10.1 Å². The molecule has 10 N–H and O–H groups in total. The summed E-state index contributed by atoms with van der Waals surface area (Å²) in [5.41, 5.74) is 3.25. The number of nitrogens with one attached hydrogen (secondary N) is 1. The maximum absolute atomic E-state index is 12.5. The molecule has 3 heterocycles. The fourth-order valence-corrected chi connectivity index (χ4v) is 7.01. The maximum Gasteiger partial charge on any atom is 0.217 e. The lowest BCUT2D eigenvalue weighted by molar-refractivity contribution is -0.376. The van der Waals surface area contributed by atoms with E-state index in [1.165, 1.54) is 6.92 Å². The van der Waals surface area contributed by atoms with Gasteiger partial charge in [-0.3, -0.25) is 9.59 Å². The molecule has 0 radical (unpaired) electrons. The number of carbonyl (C=O) groups is 2. The lowest BCUT2D eigenvalue weighted by Crippen LogP contribution is -2.68. The van der Waals surface area contributed by atoms with Crippen molar-refractivity contribution in [1.82, 2.24) is 5.32 Å². The lowest BCUT2D eigenvalue weighted by atomic mass is 9.95. The summed E-state index contributed by atoms with van der Waals surface area (Å²) in [6, 6.07) is 14.3. The molecule has 1 amide bonds. The molecule has 324 valence electrons. The van der Waals surface area contributed by atoms with Crippen LogP contribution in [0.1, 0.15) is 31.7 Å². The number of hydrogen-bond acceptors (Lipinski definition) is 18. The first-order valence-corrected chi connectivity index (χ1v) is 19.1. The van der Waals surface area contributed by atoms with Crippen LogP contribution in [-0.2, 0) is 38.0 Å². The number of ketones is 1. The molecule has 19 nitrogen and oxygen atoms in total. The van der Waals surface area contributed by atoms with E-state index < -0.39 is 118 Å². The number of aryl methyl sites for hydroxylation is 1. The average molecular weight is 826 g/mol. The summed E-state index contributed by atoms with van der Waals surface area (Å²) in [6.45, 7) is 0.754. The Kier molecular flexibility index (Phi) is 16.9. The minimum Gasteiger partial charge on any atom is -0.486 e. The van der Waals surface area contributed by atoms with Crippen LogP contribution >= 0.6 is 0 Å². The van der Waals surface area contributed by atoms with Crippen molar-refractivity contribution in [1.29, 1.82) is 0 Å². The summed E-state index contributed by atoms with van der Waals surface area (Å²) in [7, 11) is 0. The van der Waals surface area contributed by atoms with E-state index in [0.29, 0.717) is 18.6 Å². The summed E-state index contributed by atoms with van der Waals surface area (Å²) in [5, 5.41) is 96.5. The molecular weight excluding hydrogens is 770 g/mol. The largest absolute Gasteiger partial charge is 0.486 e. The second-order valence-corrected chi connectivity index (χ2v) is 14.6. The van der Waals surface area contributed by atoms with Gasteiger partial charge in [-0.2, -0.15) is 0 Å². The minimum atomic E-state index is -1.94. The third-order valence-electron chi connectivity index (χ3n) is 10.2. The Balaban J connectivity index is 1.14. The number of benzene rings is 2. The highest BCUT2D eigenvalue weighted by Gasteiger charge is 2.54. The van der Waals surface area contributed by atoms with Gasteiger partial charge in [0.05, 0.1) is 19.8 Å². The highest BCUT2D eigenvalue weighted by atomic mass is 16.8. The molecule has 2 aromatic carbocycles. The Morgan fingerprint density at radius 3 is 1.93 bits per heavy atom. The number of hydrogen-bond donors (Lipinski definition) is 10. The van der Waals surface area contributed by atoms with Crippen molar-refractivity contribution < 1.29 is 88.7 Å². The first kappa shape index (κ1) is 45.9. The second-order valence-electron chi connectivity index (χ2n) is 14.6. The Bertz CT molecular complexity index is 1600. The van der Waals surface area contributed by atoms with Crippen LogP contribution in [0.3, 0.4) is 0 Å². The number of Topliss-reactive ketones (excluding diaryl/α,β-unsaturated/α-hetero) is 1. The number of rotatable bonds is 18. The fraction of sp³-hybridized carbons (Fsp3) is 0.641. The van der Waals surface area contributed by atoms with Crippen LogP contribution in [0.4, 0.5) is 0 Å². The zero-order chi connectivity index (χ0) is 42.1. The highest BCUT2D eigenvalue weighted by Crippen LogP contribution is 2.33. The summed E-state index contributed by atoms with van der Waals surface area (Å²) in [5.74, 6) is -0.154. The van der Waals surface area contributed by atoms with E-state index in [9.17, 15) is 55.5 Å². The number of unbranched alkanes of at least 4 members (excludes halogenated alkanes) is 1. The molecule has 0 saturated carbocycles. The Labute approximate surface area is 334 Å². The van der Waals surface area contributed by atoms with Gasteiger partial charge in [0, 0.05) is 20.0 Å². The topological polar surface area (TPSA) is 293 Å². The molecule has 3 aliphatic heterocycles. The highest BCUT2D eigenvalue weighted by molar-refractivity contribution is 5.80. The SMILES string of the molecule is CC(=O)NC1[C@H](OCCCCC(=O)COc2ccc(-c3cccc(C)c3)cc2)OC(CO)[C@@H](O[C@@H]2OC(CO)[C@H](O)[C@H](O[C@H]3OC(CO)[C@H](O)[C@H](O)C3O)C2O)[C@@H]1O. The van der Waals surface area contributed by atoms with Crippen molar-refractivity contribution in [3.63, 3.8) is 0 Å². The second kappa shape index (κ2) is 21.3. The normalized spacial score (nSPS) is 35.3. The Morgan fingerprint density at radius 2 is 1.29 bits per heavy atom. The number of ether oxygens (including phenoxy) is 7. The molecule has 0 spiro atoms. The number of aliphatic hydroxyl groups excluding tert-OH is 9. The van der Waals surface area contributed by atoms with Crippen molar-refractivity contribution in [2.24, 2.45) is 0 Å². The molecular formula is C39H55NO18. The maximum atomic E-state index is 12.5. The standard InChI is InChI=1S/C39H55NO18/c1-19-6-5-7-22(14-19)21-9-11-24(12-10-21)53-18-23(45)8-3-4-13-52-37-28(40-20(2)44)31(48)35(27(17-43)56-37)57-39-34(51)36(30(47)26(16-42)55-39)58-38-33(50)32(49)29(46)25(15-41)54-38/h5-7,9-12,14,25-39,41-43,46-51H,3-4,8,13,15-18H2,1-2H3,(H,40,44)/t25?,26?,27?,28?,29-,30-,31+,32-,33?,34?,35+,36-,37+,38+,39-/m0/s1. The van der Waals surface area contributed by atoms with Crippen molar-refractivity contribution in [2.75, 3.05) is 33.0 Å². The van der Waals surface area contributed by atoms with Crippen LogP contribution in [0.25, 0.3) is 11.1 Å². The zero-order valence-corrected chi connectivity index (χ0v) is 32.1. The minimum absolute atomic E-state index is 0.0309.